The van der Waals surface area contributed by atoms with Crippen LogP contribution in [0.25, 0.3) is 0 Å². The molecular weight excluding hydrogens is 396 g/mol. The van der Waals surface area contributed by atoms with E-state index in [0.717, 1.165) is 37.4 Å². The van der Waals surface area contributed by atoms with Crippen molar-refractivity contribution in [2.45, 2.75) is 6.92 Å². The largest absolute Gasteiger partial charge is 0.459 e. The number of amides is 2. The van der Waals surface area contributed by atoms with Crippen LogP contribution in [0.5, 0.6) is 0 Å². The molecule has 1 aromatic carbocycles. The number of benzene rings is 1. The first kappa shape index (κ1) is 21.1. The second-order valence-electron chi connectivity index (χ2n) is 8.02. The van der Waals surface area contributed by atoms with Crippen LogP contribution in [0.15, 0.2) is 47.1 Å². The topological polar surface area (TPSA) is 77.3 Å². The highest BCUT2D eigenvalue weighted by molar-refractivity contribution is 5.94. The number of nitrogens with zero attached hydrogens (tertiary/aromatic N) is 4. The van der Waals surface area contributed by atoms with Gasteiger partial charge in [0.05, 0.1) is 12.8 Å². The molecule has 0 N–H and O–H groups in total. The third kappa shape index (κ3) is 4.96. The first-order valence-corrected chi connectivity index (χ1v) is 10.7. The zero-order valence-electron chi connectivity index (χ0n) is 17.8. The summed E-state index contributed by atoms with van der Waals surface area (Å²) in [6, 6.07) is 11.1. The average Bonchev–Trinajstić information content (AvgIpc) is 3.34. The molecule has 0 saturated carbocycles. The summed E-state index contributed by atoms with van der Waals surface area (Å²) in [4.78, 5) is 44.6. The van der Waals surface area contributed by atoms with Gasteiger partial charge in [0, 0.05) is 63.6 Å². The number of anilines is 1. The van der Waals surface area contributed by atoms with E-state index in [0.29, 0.717) is 38.5 Å². The number of hydrogen-bond acceptors (Lipinski definition) is 6. The van der Waals surface area contributed by atoms with Gasteiger partial charge >= 0.3 is 0 Å². The summed E-state index contributed by atoms with van der Waals surface area (Å²) in [6.45, 7) is 7.45. The van der Waals surface area contributed by atoms with Crippen LogP contribution in [0.1, 0.15) is 27.8 Å². The summed E-state index contributed by atoms with van der Waals surface area (Å²) < 4.78 is 5.18. The average molecular weight is 425 g/mol. The van der Waals surface area contributed by atoms with Crippen molar-refractivity contribution in [2.24, 2.45) is 0 Å². The lowest BCUT2D eigenvalue weighted by Crippen LogP contribution is -2.54. The van der Waals surface area contributed by atoms with Gasteiger partial charge in [-0.3, -0.25) is 19.3 Å². The van der Waals surface area contributed by atoms with E-state index in [2.05, 4.69) is 9.80 Å². The second kappa shape index (κ2) is 9.34. The Morgan fingerprint density at radius 2 is 1.48 bits per heavy atom. The normalized spacial score (nSPS) is 17.6. The number of Topliss-reactive ketones (excluding diaryl/α,β-unsaturated/α-hetero) is 1. The number of ketones is 1. The maximum atomic E-state index is 12.7. The van der Waals surface area contributed by atoms with Gasteiger partial charge in [0.15, 0.2) is 11.5 Å². The smallest absolute Gasteiger partial charge is 0.289 e. The highest BCUT2D eigenvalue weighted by Gasteiger charge is 2.27. The van der Waals surface area contributed by atoms with Crippen LogP contribution in [0, 0.1) is 0 Å². The Hall–Kier alpha value is -3.13. The summed E-state index contributed by atoms with van der Waals surface area (Å²) in [7, 11) is 0. The molecule has 8 heteroatoms. The van der Waals surface area contributed by atoms with Crippen LogP contribution in [0.4, 0.5) is 5.69 Å². The number of carbonyl (C=O) groups excluding carboxylic acids is 3. The Balaban J connectivity index is 1.21. The molecule has 2 amide bonds. The minimum absolute atomic E-state index is 0.0704. The summed E-state index contributed by atoms with van der Waals surface area (Å²) in [5.74, 6) is 0.406. The van der Waals surface area contributed by atoms with Gasteiger partial charge in [-0.2, -0.15) is 0 Å². The molecule has 3 heterocycles. The molecule has 0 unspecified atom stereocenters. The zero-order valence-corrected chi connectivity index (χ0v) is 17.8. The first-order chi connectivity index (χ1) is 15.0. The molecule has 2 saturated heterocycles. The van der Waals surface area contributed by atoms with E-state index in [1.165, 1.54) is 6.26 Å². The third-order valence-corrected chi connectivity index (χ3v) is 6.02. The van der Waals surface area contributed by atoms with Crippen LogP contribution in [0.2, 0.25) is 0 Å². The van der Waals surface area contributed by atoms with Crippen molar-refractivity contribution in [3.63, 3.8) is 0 Å². The predicted octanol–water partition coefficient (Wildman–Crippen LogP) is 1.59. The van der Waals surface area contributed by atoms with Crippen LogP contribution in [-0.2, 0) is 4.79 Å². The lowest BCUT2D eigenvalue weighted by atomic mass is 10.1. The molecule has 0 aliphatic carbocycles. The quantitative estimate of drug-likeness (QED) is 0.679. The number of rotatable bonds is 5. The highest BCUT2D eigenvalue weighted by Crippen LogP contribution is 2.18. The third-order valence-electron chi connectivity index (χ3n) is 6.02. The number of carbonyl (C=O) groups is 3. The van der Waals surface area contributed by atoms with Crippen LogP contribution < -0.4 is 4.90 Å². The van der Waals surface area contributed by atoms with Gasteiger partial charge in [0.2, 0.25) is 5.91 Å². The van der Waals surface area contributed by atoms with Crippen molar-refractivity contribution in [2.75, 3.05) is 63.8 Å². The fourth-order valence-corrected chi connectivity index (χ4v) is 4.08. The number of piperazine rings is 2. The van der Waals surface area contributed by atoms with E-state index < -0.39 is 0 Å². The van der Waals surface area contributed by atoms with Crippen molar-refractivity contribution in [1.82, 2.24) is 14.7 Å². The van der Waals surface area contributed by atoms with Gasteiger partial charge in [-0.15, -0.1) is 0 Å². The minimum atomic E-state index is -0.121. The van der Waals surface area contributed by atoms with Crippen molar-refractivity contribution in [3.8, 4) is 0 Å². The Morgan fingerprint density at radius 1 is 0.839 bits per heavy atom. The van der Waals surface area contributed by atoms with Gasteiger partial charge < -0.3 is 19.1 Å². The Kier molecular flexibility index (Phi) is 6.36. The minimum Gasteiger partial charge on any atom is -0.459 e. The van der Waals surface area contributed by atoms with E-state index in [9.17, 15) is 14.4 Å². The van der Waals surface area contributed by atoms with Gasteiger partial charge in [0.1, 0.15) is 0 Å². The molecule has 0 radical (unpaired) electrons. The lowest BCUT2D eigenvalue weighted by Gasteiger charge is -2.38. The molecule has 2 fully saturated rings. The Bertz CT molecular complexity index is 910. The maximum Gasteiger partial charge on any atom is 0.289 e. The van der Waals surface area contributed by atoms with E-state index in [1.54, 1.807) is 24.0 Å². The number of furan rings is 1. The highest BCUT2D eigenvalue weighted by atomic mass is 16.3. The summed E-state index contributed by atoms with van der Waals surface area (Å²) >= 11 is 0. The molecule has 2 aliphatic heterocycles. The molecule has 1 aromatic heterocycles. The molecule has 0 bridgehead atoms. The predicted molar refractivity (Wildman–Crippen MR) is 116 cm³/mol. The molecule has 0 atom stereocenters. The molecule has 0 spiro atoms. The molecule has 2 aromatic rings. The molecule has 4 rings (SSSR count). The fourth-order valence-electron chi connectivity index (χ4n) is 4.08. The van der Waals surface area contributed by atoms with Crippen LogP contribution in [0.3, 0.4) is 0 Å². The van der Waals surface area contributed by atoms with E-state index in [1.807, 2.05) is 29.2 Å². The van der Waals surface area contributed by atoms with E-state index in [4.69, 9.17) is 4.42 Å². The zero-order chi connectivity index (χ0) is 21.8. The number of hydrogen-bond donors (Lipinski definition) is 0. The van der Waals surface area contributed by atoms with Crippen LogP contribution >= 0.6 is 0 Å². The first-order valence-electron chi connectivity index (χ1n) is 10.7. The van der Waals surface area contributed by atoms with Gasteiger partial charge in [-0.1, -0.05) is 0 Å². The Morgan fingerprint density at radius 3 is 2.06 bits per heavy atom. The van der Waals surface area contributed by atoms with Gasteiger partial charge in [-0.05, 0) is 43.3 Å². The van der Waals surface area contributed by atoms with Crippen molar-refractivity contribution in [3.05, 3.63) is 54.0 Å². The van der Waals surface area contributed by atoms with Crippen molar-refractivity contribution in [1.29, 1.82) is 0 Å². The Labute approximate surface area is 182 Å². The van der Waals surface area contributed by atoms with E-state index in [-0.39, 0.29) is 17.6 Å². The monoisotopic (exact) mass is 424 g/mol. The standard InChI is InChI=1S/C23H28N4O4/c1-18(28)19-4-6-20(7-5-19)25-10-8-24(9-11-25)17-22(29)26-12-14-27(15-13-26)23(30)21-3-2-16-31-21/h2-7,16H,8-15,17H2,1H3. The summed E-state index contributed by atoms with van der Waals surface area (Å²) in [6.07, 6.45) is 1.49. The second-order valence-corrected chi connectivity index (χ2v) is 8.02. The van der Waals surface area contributed by atoms with E-state index >= 15 is 0 Å². The SMILES string of the molecule is CC(=O)c1ccc(N2CCN(CC(=O)N3CCN(C(=O)c4ccco4)CC3)CC2)cc1. The molecular formula is C23H28N4O4. The summed E-state index contributed by atoms with van der Waals surface area (Å²) in [5.41, 5.74) is 1.83. The van der Waals surface area contributed by atoms with Gasteiger partial charge in [0.25, 0.3) is 5.91 Å². The summed E-state index contributed by atoms with van der Waals surface area (Å²) in [5, 5.41) is 0. The maximum absolute atomic E-state index is 12.7. The van der Waals surface area contributed by atoms with Gasteiger partial charge in [-0.25, -0.2) is 0 Å². The van der Waals surface area contributed by atoms with Crippen molar-refractivity contribution >= 4 is 23.3 Å². The van der Waals surface area contributed by atoms with Crippen LogP contribution in [-0.4, -0.2) is 91.2 Å². The van der Waals surface area contributed by atoms with Crippen molar-refractivity contribution < 1.29 is 18.8 Å². The lowest BCUT2D eigenvalue weighted by molar-refractivity contribution is -0.134. The molecule has 164 valence electrons. The molecule has 31 heavy (non-hydrogen) atoms. The molecule has 8 nitrogen and oxygen atoms in total. The molecule has 2 aliphatic rings. The fraction of sp³-hybridized carbons (Fsp3) is 0.435.